The zero-order chi connectivity index (χ0) is 32.2. The van der Waals surface area contributed by atoms with Crippen LogP contribution in [0.5, 0.6) is 0 Å². The number of benzene rings is 6. The van der Waals surface area contributed by atoms with E-state index in [2.05, 4.69) is 135 Å². The minimum atomic E-state index is -0.132. The van der Waals surface area contributed by atoms with Gasteiger partial charge in [-0.25, -0.2) is 15.0 Å². The molecule has 4 heteroatoms. The van der Waals surface area contributed by atoms with E-state index in [-0.39, 0.29) is 5.41 Å². The number of furan rings is 1. The van der Waals surface area contributed by atoms with Crippen molar-refractivity contribution in [3.8, 4) is 67.7 Å². The summed E-state index contributed by atoms with van der Waals surface area (Å²) in [5, 5.41) is 1.08. The van der Waals surface area contributed by atoms with Crippen molar-refractivity contribution in [2.24, 2.45) is 0 Å². The molecular formula is C44H31N3O. The van der Waals surface area contributed by atoms with E-state index >= 15 is 0 Å². The lowest BCUT2D eigenvalue weighted by Crippen LogP contribution is -2.14. The molecule has 0 aliphatic heterocycles. The molecule has 6 aromatic carbocycles. The van der Waals surface area contributed by atoms with Crippen molar-refractivity contribution in [3.63, 3.8) is 0 Å². The standard InChI is InChI=1S/C44H31N3O/c1-44(2)36-20-10-9-18-34(36)40-35(19-12-21-37(40)44)43-46-41(30-25-23-29(24-26-30)39-27-31-15-6-11-22-38(31)48-39)45-42(47-43)33-17-8-7-16-32(33)28-13-4-3-5-14-28/h3-27H,1-2H3. The van der Waals surface area contributed by atoms with Crippen LogP contribution in [0.3, 0.4) is 0 Å². The molecule has 0 spiro atoms. The van der Waals surface area contributed by atoms with Gasteiger partial charge in [0.25, 0.3) is 0 Å². The summed E-state index contributed by atoms with van der Waals surface area (Å²) >= 11 is 0. The molecule has 0 saturated heterocycles. The fourth-order valence-corrected chi connectivity index (χ4v) is 7.14. The van der Waals surface area contributed by atoms with Crippen LogP contribution in [0.4, 0.5) is 0 Å². The fraction of sp³-hybridized carbons (Fsp3) is 0.0682. The van der Waals surface area contributed by atoms with Crippen molar-refractivity contribution in [1.82, 2.24) is 15.0 Å². The van der Waals surface area contributed by atoms with E-state index in [4.69, 9.17) is 19.4 Å². The van der Waals surface area contributed by atoms with Gasteiger partial charge in [-0.1, -0.05) is 153 Å². The highest BCUT2D eigenvalue weighted by Crippen LogP contribution is 2.51. The summed E-state index contributed by atoms with van der Waals surface area (Å²) in [7, 11) is 0. The molecule has 8 aromatic rings. The predicted molar refractivity (Wildman–Crippen MR) is 194 cm³/mol. The van der Waals surface area contributed by atoms with Gasteiger partial charge in [0.05, 0.1) is 0 Å². The first-order valence-electron chi connectivity index (χ1n) is 16.3. The third kappa shape index (κ3) is 4.57. The first kappa shape index (κ1) is 28.1. The SMILES string of the molecule is CC1(C)c2ccccc2-c2c(-c3nc(-c4ccc(-c5cc6ccccc6o5)cc4)nc(-c4ccccc4-c4ccccc4)n3)cccc21. The quantitative estimate of drug-likeness (QED) is 0.193. The molecule has 0 fully saturated rings. The number of hydrogen-bond acceptors (Lipinski definition) is 4. The lowest BCUT2D eigenvalue weighted by molar-refractivity contribution is 0.631. The smallest absolute Gasteiger partial charge is 0.164 e. The molecule has 48 heavy (non-hydrogen) atoms. The average molecular weight is 618 g/mol. The van der Waals surface area contributed by atoms with Crippen molar-refractivity contribution in [1.29, 1.82) is 0 Å². The highest BCUT2D eigenvalue weighted by molar-refractivity contribution is 5.92. The third-order valence-corrected chi connectivity index (χ3v) is 9.59. The van der Waals surface area contributed by atoms with Gasteiger partial charge >= 0.3 is 0 Å². The van der Waals surface area contributed by atoms with Gasteiger partial charge in [-0.05, 0) is 45.5 Å². The second-order valence-electron chi connectivity index (χ2n) is 12.8. The molecule has 0 atom stereocenters. The fourth-order valence-electron chi connectivity index (χ4n) is 7.14. The van der Waals surface area contributed by atoms with Crippen LogP contribution in [0, 0.1) is 0 Å². The lowest BCUT2D eigenvalue weighted by atomic mass is 9.82. The molecule has 0 saturated carbocycles. The van der Waals surface area contributed by atoms with E-state index in [1.165, 1.54) is 22.3 Å². The summed E-state index contributed by atoms with van der Waals surface area (Å²) < 4.78 is 6.16. The van der Waals surface area contributed by atoms with Gasteiger partial charge in [0.15, 0.2) is 17.5 Å². The molecule has 2 heterocycles. The Morgan fingerprint density at radius 2 is 1.02 bits per heavy atom. The number of nitrogens with zero attached hydrogens (tertiary/aromatic N) is 3. The van der Waals surface area contributed by atoms with Gasteiger partial charge in [-0.15, -0.1) is 0 Å². The minimum absolute atomic E-state index is 0.132. The Kier molecular flexibility index (Phi) is 6.44. The van der Waals surface area contributed by atoms with E-state index in [1.54, 1.807) is 0 Å². The Bertz CT molecular complexity index is 2440. The number of hydrogen-bond donors (Lipinski definition) is 0. The van der Waals surface area contributed by atoms with Gasteiger partial charge in [0.2, 0.25) is 0 Å². The third-order valence-electron chi connectivity index (χ3n) is 9.59. The molecule has 2 aromatic heterocycles. The van der Waals surface area contributed by atoms with Crippen LogP contribution in [-0.4, -0.2) is 15.0 Å². The first-order chi connectivity index (χ1) is 23.5. The van der Waals surface area contributed by atoms with Crippen molar-refractivity contribution >= 4 is 11.0 Å². The van der Waals surface area contributed by atoms with Crippen LogP contribution in [0.25, 0.3) is 78.7 Å². The summed E-state index contributed by atoms with van der Waals surface area (Å²) in [4.78, 5) is 15.6. The molecule has 4 nitrogen and oxygen atoms in total. The molecule has 9 rings (SSSR count). The monoisotopic (exact) mass is 617 g/mol. The molecule has 0 amide bonds. The Morgan fingerprint density at radius 3 is 1.81 bits per heavy atom. The highest BCUT2D eigenvalue weighted by atomic mass is 16.3. The normalized spacial score (nSPS) is 13.0. The summed E-state index contributed by atoms with van der Waals surface area (Å²) in [6.45, 7) is 4.59. The summed E-state index contributed by atoms with van der Waals surface area (Å²) in [6.07, 6.45) is 0. The number of para-hydroxylation sites is 1. The topological polar surface area (TPSA) is 51.8 Å². The van der Waals surface area contributed by atoms with Gasteiger partial charge < -0.3 is 4.42 Å². The number of rotatable bonds is 5. The molecule has 0 bridgehead atoms. The first-order valence-corrected chi connectivity index (χ1v) is 16.3. The molecule has 0 radical (unpaired) electrons. The average Bonchev–Trinajstić information content (AvgIpc) is 3.69. The van der Waals surface area contributed by atoms with E-state index in [0.29, 0.717) is 17.5 Å². The van der Waals surface area contributed by atoms with Gasteiger partial charge in [0.1, 0.15) is 11.3 Å². The van der Waals surface area contributed by atoms with E-state index in [0.717, 1.165) is 50.1 Å². The van der Waals surface area contributed by atoms with Crippen LogP contribution in [-0.2, 0) is 5.41 Å². The number of fused-ring (bicyclic) bond motifs is 4. The molecule has 228 valence electrons. The predicted octanol–water partition coefficient (Wildman–Crippen LogP) is 11.3. The zero-order valence-electron chi connectivity index (χ0n) is 26.7. The summed E-state index contributed by atoms with van der Waals surface area (Å²) in [5.74, 6) is 2.75. The minimum Gasteiger partial charge on any atom is -0.456 e. The second-order valence-corrected chi connectivity index (χ2v) is 12.8. The lowest BCUT2D eigenvalue weighted by Gasteiger charge is -2.21. The maximum Gasteiger partial charge on any atom is 0.164 e. The molecule has 1 aliphatic carbocycles. The van der Waals surface area contributed by atoms with E-state index in [9.17, 15) is 0 Å². The van der Waals surface area contributed by atoms with E-state index < -0.39 is 0 Å². The van der Waals surface area contributed by atoms with Crippen molar-refractivity contribution in [2.45, 2.75) is 19.3 Å². The maximum atomic E-state index is 6.16. The van der Waals surface area contributed by atoms with Gasteiger partial charge in [-0.3, -0.25) is 0 Å². The van der Waals surface area contributed by atoms with Crippen LogP contribution < -0.4 is 0 Å². The molecule has 0 unspecified atom stereocenters. The molecular weight excluding hydrogens is 587 g/mol. The Balaban J connectivity index is 1.24. The Morgan fingerprint density at radius 1 is 0.438 bits per heavy atom. The van der Waals surface area contributed by atoms with Gasteiger partial charge in [0, 0.05) is 33.1 Å². The largest absolute Gasteiger partial charge is 0.456 e. The molecule has 0 N–H and O–H groups in total. The second kappa shape index (κ2) is 11.0. The molecule has 1 aliphatic rings. The van der Waals surface area contributed by atoms with Crippen molar-refractivity contribution in [2.75, 3.05) is 0 Å². The summed E-state index contributed by atoms with van der Waals surface area (Å²) in [5.41, 5.74) is 11.8. The van der Waals surface area contributed by atoms with E-state index in [1.807, 2.05) is 30.3 Å². The van der Waals surface area contributed by atoms with Crippen LogP contribution in [0.1, 0.15) is 25.0 Å². The van der Waals surface area contributed by atoms with Crippen molar-refractivity contribution < 1.29 is 4.42 Å². The maximum absolute atomic E-state index is 6.16. The van der Waals surface area contributed by atoms with Crippen molar-refractivity contribution in [3.05, 3.63) is 163 Å². The zero-order valence-corrected chi connectivity index (χ0v) is 26.7. The van der Waals surface area contributed by atoms with Crippen LogP contribution in [0.15, 0.2) is 156 Å². The highest BCUT2D eigenvalue weighted by Gasteiger charge is 2.37. The van der Waals surface area contributed by atoms with Gasteiger partial charge in [-0.2, -0.15) is 0 Å². The summed E-state index contributed by atoms with van der Waals surface area (Å²) in [6, 6.07) is 52.4. The Hall–Kier alpha value is -6.13. The van der Waals surface area contributed by atoms with Crippen LogP contribution in [0.2, 0.25) is 0 Å². The number of aromatic nitrogens is 3. The Labute approximate surface area is 279 Å². The van der Waals surface area contributed by atoms with Crippen LogP contribution >= 0.6 is 0 Å².